The van der Waals surface area contributed by atoms with Gasteiger partial charge in [-0.15, -0.1) is 0 Å². The molecule has 1 saturated carbocycles. The minimum absolute atomic E-state index is 0.276. The van der Waals surface area contributed by atoms with Gasteiger partial charge in [-0.3, -0.25) is 4.79 Å². The van der Waals surface area contributed by atoms with E-state index in [1.165, 1.54) is 23.3 Å². The van der Waals surface area contributed by atoms with Gasteiger partial charge < -0.3 is 10.1 Å². The maximum Gasteiger partial charge on any atom is 0.303 e. The molecule has 4 aromatic rings. The van der Waals surface area contributed by atoms with Crippen LogP contribution >= 0.6 is 0 Å². The molecule has 4 nitrogen and oxygen atoms in total. The van der Waals surface area contributed by atoms with Crippen molar-refractivity contribution in [2.75, 3.05) is 0 Å². The van der Waals surface area contributed by atoms with E-state index in [1.54, 1.807) is 6.07 Å². The van der Waals surface area contributed by atoms with E-state index >= 15 is 0 Å². The molecule has 0 radical (unpaired) electrons. The van der Waals surface area contributed by atoms with E-state index in [9.17, 15) is 9.18 Å². The predicted molar refractivity (Wildman–Crippen MR) is 128 cm³/mol. The monoisotopic (exact) mass is 442 g/mol. The van der Waals surface area contributed by atoms with Crippen LogP contribution in [0.1, 0.15) is 37.7 Å². The van der Waals surface area contributed by atoms with Crippen molar-refractivity contribution in [2.45, 2.75) is 38.5 Å². The standard InChI is InChI=1S/C28H27FN2O2/c29-24-13-14-25-26(17-24)31-28(30-25)23-11-9-22(10-12-23)21-7-5-19(6-8-21)15-18-1-3-20(4-2-18)16-27(32)33/h5-14,17-18,20H,1-4,15-16H2,(H,30,31)(H,32,33). The molecule has 1 aliphatic rings. The van der Waals surface area contributed by atoms with Gasteiger partial charge in [0.15, 0.2) is 0 Å². The number of H-pyrrole nitrogens is 1. The number of carboxylic acid groups (broad SMARTS) is 1. The number of hydrogen-bond donors (Lipinski definition) is 2. The number of nitrogens with zero attached hydrogens (tertiary/aromatic N) is 1. The maximum absolute atomic E-state index is 13.4. The number of aromatic nitrogens is 2. The first kappa shape index (κ1) is 21.4. The topological polar surface area (TPSA) is 66.0 Å². The molecule has 0 aliphatic heterocycles. The molecular formula is C28H27FN2O2. The molecule has 0 atom stereocenters. The Morgan fingerprint density at radius 2 is 1.48 bits per heavy atom. The molecule has 5 heteroatoms. The van der Waals surface area contributed by atoms with Crippen LogP contribution in [0, 0.1) is 17.7 Å². The van der Waals surface area contributed by atoms with Crippen LogP contribution in [-0.2, 0) is 11.2 Å². The summed E-state index contributed by atoms with van der Waals surface area (Å²) in [7, 11) is 0. The molecule has 0 unspecified atom stereocenters. The molecule has 0 bridgehead atoms. The van der Waals surface area contributed by atoms with Crippen LogP contribution in [0.3, 0.4) is 0 Å². The molecule has 2 N–H and O–H groups in total. The van der Waals surface area contributed by atoms with Crippen molar-refractivity contribution < 1.29 is 14.3 Å². The van der Waals surface area contributed by atoms with Gasteiger partial charge in [0.2, 0.25) is 0 Å². The maximum atomic E-state index is 13.4. The third-order valence-corrected chi connectivity index (χ3v) is 6.84. The van der Waals surface area contributed by atoms with E-state index < -0.39 is 5.97 Å². The Bertz CT molecular complexity index is 1250. The lowest BCUT2D eigenvalue weighted by molar-refractivity contribution is -0.138. The zero-order valence-electron chi connectivity index (χ0n) is 18.4. The Labute approximate surface area is 192 Å². The van der Waals surface area contributed by atoms with Crippen molar-refractivity contribution in [3.8, 4) is 22.5 Å². The minimum Gasteiger partial charge on any atom is -0.481 e. The van der Waals surface area contributed by atoms with Crippen LogP contribution in [0.15, 0.2) is 66.7 Å². The number of aromatic amines is 1. The fraction of sp³-hybridized carbons (Fsp3) is 0.286. The number of nitrogens with one attached hydrogen (secondary N) is 1. The van der Waals surface area contributed by atoms with Gasteiger partial charge >= 0.3 is 5.97 Å². The first-order chi connectivity index (χ1) is 16.0. The van der Waals surface area contributed by atoms with Gasteiger partial charge in [0.1, 0.15) is 11.6 Å². The van der Waals surface area contributed by atoms with Gasteiger partial charge in [0.25, 0.3) is 0 Å². The molecule has 1 aliphatic carbocycles. The normalized spacial score (nSPS) is 18.5. The largest absolute Gasteiger partial charge is 0.481 e. The summed E-state index contributed by atoms with van der Waals surface area (Å²) in [4.78, 5) is 18.7. The highest BCUT2D eigenvalue weighted by Gasteiger charge is 2.23. The number of halogens is 1. The van der Waals surface area contributed by atoms with E-state index in [-0.39, 0.29) is 5.82 Å². The number of imidazole rings is 1. The number of aliphatic carboxylic acids is 1. The average Bonchev–Trinajstić information content (AvgIpc) is 3.24. The van der Waals surface area contributed by atoms with E-state index in [2.05, 4.69) is 46.4 Å². The highest BCUT2D eigenvalue weighted by Crippen LogP contribution is 2.33. The molecule has 1 fully saturated rings. The zero-order chi connectivity index (χ0) is 22.8. The molecule has 0 saturated heterocycles. The quantitative estimate of drug-likeness (QED) is 0.343. The van der Waals surface area contributed by atoms with E-state index in [0.717, 1.165) is 54.6 Å². The van der Waals surface area contributed by atoms with Crippen molar-refractivity contribution in [3.63, 3.8) is 0 Å². The summed E-state index contributed by atoms with van der Waals surface area (Å²) in [5.74, 6) is 0.787. The van der Waals surface area contributed by atoms with E-state index in [1.807, 2.05) is 12.1 Å². The van der Waals surface area contributed by atoms with Crippen molar-refractivity contribution in [1.82, 2.24) is 9.97 Å². The summed E-state index contributed by atoms with van der Waals surface area (Å²) < 4.78 is 13.4. The fourth-order valence-electron chi connectivity index (χ4n) is 4.99. The number of fused-ring (bicyclic) bond motifs is 1. The lowest BCUT2D eigenvalue weighted by Crippen LogP contribution is -2.18. The van der Waals surface area contributed by atoms with Gasteiger partial charge in [-0.1, -0.05) is 48.5 Å². The molecule has 0 spiro atoms. The van der Waals surface area contributed by atoms with E-state index in [4.69, 9.17) is 5.11 Å². The second kappa shape index (κ2) is 9.18. The number of hydrogen-bond acceptors (Lipinski definition) is 2. The summed E-state index contributed by atoms with van der Waals surface area (Å²) in [6.07, 6.45) is 5.68. The lowest BCUT2D eigenvalue weighted by atomic mass is 9.78. The molecule has 5 rings (SSSR count). The second-order valence-corrected chi connectivity index (χ2v) is 9.21. The Hall–Kier alpha value is -3.47. The van der Waals surface area contributed by atoms with Crippen molar-refractivity contribution in [1.29, 1.82) is 0 Å². The molecule has 0 amide bonds. The SMILES string of the molecule is O=C(O)CC1CCC(Cc2ccc(-c3ccc(-c4nc5ccc(F)cc5[nH]4)cc3)cc2)CC1. The Morgan fingerprint density at radius 3 is 2.15 bits per heavy atom. The van der Waals surface area contributed by atoms with Crippen LogP contribution in [0.5, 0.6) is 0 Å². The van der Waals surface area contributed by atoms with Gasteiger partial charge in [-0.2, -0.15) is 0 Å². The Kier molecular flexibility index (Phi) is 5.95. The highest BCUT2D eigenvalue weighted by molar-refractivity contribution is 5.80. The van der Waals surface area contributed by atoms with Crippen molar-refractivity contribution >= 4 is 17.0 Å². The molecule has 3 aromatic carbocycles. The van der Waals surface area contributed by atoms with Crippen molar-refractivity contribution in [3.05, 3.63) is 78.1 Å². The molecule has 1 aromatic heterocycles. The first-order valence-corrected chi connectivity index (χ1v) is 11.6. The van der Waals surface area contributed by atoms with Gasteiger partial charge in [0.05, 0.1) is 11.0 Å². The van der Waals surface area contributed by atoms with Crippen LogP contribution < -0.4 is 0 Å². The minimum atomic E-state index is -0.671. The van der Waals surface area contributed by atoms with Gasteiger partial charge in [-0.25, -0.2) is 9.37 Å². The van der Waals surface area contributed by atoms with Gasteiger partial charge in [0, 0.05) is 12.0 Å². The highest BCUT2D eigenvalue weighted by atomic mass is 19.1. The molecule has 33 heavy (non-hydrogen) atoms. The third-order valence-electron chi connectivity index (χ3n) is 6.84. The Morgan fingerprint density at radius 1 is 0.879 bits per heavy atom. The van der Waals surface area contributed by atoms with Crippen LogP contribution in [0.25, 0.3) is 33.5 Å². The van der Waals surface area contributed by atoms with Crippen molar-refractivity contribution in [2.24, 2.45) is 11.8 Å². The Balaban J connectivity index is 1.22. The fourth-order valence-corrected chi connectivity index (χ4v) is 4.99. The summed E-state index contributed by atoms with van der Waals surface area (Å²) >= 11 is 0. The lowest BCUT2D eigenvalue weighted by Gasteiger charge is -2.27. The molecule has 168 valence electrons. The molecule has 1 heterocycles. The second-order valence-electron chi connectivity index (χ2n) is 9.21. The predicted octanol–water partition coefficient (Wildman–Crippen LogP) is 6.86. The third kappa shape index (κ3) is 4.98. The average molecular weight is 443 g/mol. The summed E-state index contributed by atoms with van der Waals surface area (Å²) in [5.41, 5.74) is 6.06. The molecular weight excluding hydrogens is 415 g/mol. The number of carbonyl (C=O) groups is 1. The number of carboxylic acids is 1. The zero-order valence-corrected chi connectivity index (χ0v) is 18.4. The smallest absolute Gasteiger partial charge is 0.303 e. The number of benzene rings is 3. The number of rotatable bonds is 6. The summed E-state index contributed by atoms with van der Waals surface area (Å²) in [6, 6.07) is 21.6. The first-order valence-electron chi connectivity index (χ1n) is 11.6. The van der Waals surface area contributed by atoms with Crippen LogP contribution in [0.2, 0.25) is 0 Å². The van der Waals surface area contributed by atoms with E-state index in [0.29, 0.717) is 23.8 Å². The summed E-state index contributed by atoms with van der Waals surface area (Å²) in [6.45, 7) is 0. The van der Waals surface area contributed by atoms with Crippen LogP contribution in [-0.4, -0.2) is 21.0 Å². The summed E-state index contributed by atoms with van der Waals surface area (Å²) in [5, 5.41) is 8.98. The van der Waals surface area contributed by atoms with Crippen LogP contribution in [0.4, 0.5) is 4.39 Å². The van der Waals surface area contributed by atoms with Gasteiger partial charge in [-0.05, 0) is 78.8 Å².